The standard InChI is InChI=1S/C7H15NO2/c1-8-4-2-7(10,6-9)3-5-8/h8-10H,1-6H2. The number of quaternary nitrogens is 1. The van der Waals surface area contributed by atoms with Gasteiger partial charge in [0.05, 0.1) is 25.3 Å². The lowest BCUT2D eigenvalue weighted by molar-refractivity contribution is -0.862. The number of piperidine rings is 1. The highest BCUT2D eigenvalue weighted by atomic mass is 16.3. The molecule has 0 radical (unpaired) electrons. The summed E-state index contributed by atoms with van der Waals surface area (Å²) in [6.07, 6.45) is 1.34. The minimum atomic E-state index is -0.804. The van der Waals surface area contributed by atoms with Gasteiger partial charge in [-0.1, -0.05) is 0 Å². The van der Waals surface area contributed by atoms with E-state index in [9.17, 15) is 5.11 Å². The van der Waals surface area contributed by atoms with Crippen molar-refractivity contribution in [3.05, 3.63) is 7.05 Å². The number of likely N-dealkylation sites (tertiary alicyclic amines) is 1. The van der Waals surface area contributed by atoms with Gasteiger partial charge in [0, 0.05) is 12.8 Å². The highest BCUT2D eigenvalue weighted by Gasteiger charge is 2.30. The summed E-state index contributed by atoms with van der Waals surface area (Å²) in [5.41, 5.74) is -0.804. The van der Waals surface area contributed by atoms with Gasteiger partial charge in [0.15, 0.2) is 0 Å². The van der Waals surface area contributed by atoms with Crippen LogP contribution in [0.15, 0.2) is 0 Å². The molecule has 60 valence electrons. The minimum Gasteiger partial charge on any atom is -0.468 e. The summed E-state index contributed by atoms with van der Waals surface area (Å²) >= 11 is 0. The fourth-order valence-electron chi connectivity index (χ4n) is 1.23. The van der Waals surface area contributed by atoms with Crippen LogP contribution in [0.2, 0.25) is 0 Å². The minimum absolute atomic E-state index is 0.111. The quantitative estimate of drug-likeness (QED) is 0.380. The average molecular weight is 145 g/mol. The molecule has 0 aliphatic carbocycles. The van der Waals surface area contributed by atoms with Gasteiger partial charge >= 0.3 is 0 Å². The third-order valence-electron chi connectivity index (χ3n) is 2.18. The second kappa shape index (κ2) is 2.86. The Kier molecular flexibility index (Phi) is 2.28. The van der Waals surface area contributed by atoms with E-state index >= 15 is 0 Å². The molecule has 0 amide bonds. The molecule has 0 saturated carbocycles. The van der Waals surface area contributed by atoms with Gasteiger partial charge in [0.25, 0.3) is 0 Å². The molecule has 0 spiro atoms. The predicted molar refractivity (Wildman–Crippen MR) is 37.3 cm³/mol. The number of hydrogen-bond acceptors (Lipinski definition) is 2. The second-order valence-corrected chi connectivity index (χ2v) is 3.13. The van der Waals surface area contributed by atoms with Crippen molar-refractivity contribution >= 4 is 0 Å². The highest BCUT2D eigenvalue weighted by molar-refractivity contribution is 4.78. The van der Waals surface area contributed by atoms with Crippen LogP contribution in [-0.4, -0.2) is 35.5 Å². The lowest BCUT2D eigenvalue weighted by Gasteiger charge is -2.36. The molecule has 3 nitrogen and oxygen atoms in total. The SMILES string of the molecule is [CH2-][NH+]1CCC(O)(CO)CC1. The van der Waals surface area contributed by atoms with Gasteiger partial charge in [0.2, 0.25) is 0 Å². The monoisotopic (exact) mass is 145 g/mol. The molecular weight excluding hydrogens is 130 g/mol. The molecule has 1 aliphatic rings. The van der Waals surface area contributed by atoms with E-state index in [1.54, 1.807) is 0 Å². The Bertz CT molecular complexity index is 108. The van der Waals surface area contributed by atoms with Crippen LogP contribution in [0.1, 0.15) is 12.8 Å². The highest BCUT2D eigenvalue weighted by Crippen LogP contribution is 2.14. The van der Waals surface area contributed by atoms with Crippen LogP contribution >= 0.6 is 0 Å². The molecule has 1 heterocycles. The number of rotatable bonds is 1. The molecule has 1 aliphatic heterocycles. The zero-order chi connectivity index (χ0) is 7.61. The van der Waals surface area contributed by atoms with Gasteiger partial charge in [-0.05, 0) is 0 Å². The van der Waals surface area contributed by atoms with Gasteiger partial charge in [-0.15, -0.1) is 0 Å². The summed E-state index contributed by atoms with van der Waals surface area (Å²) in [5, 5.41) is 18.3. The Hall–Kier alpha value is -0.120. The Morgan fingerprint density at radius 2 is 1.90 bits per heavy atom. The van der Waals surface area contributed by atoms with E-state index < -0.39 is 5.60 Å². The topological polar surface area (TPSA) is 44.9 Å². The van der Waals surface area contributed by atoms with Gasteiger partial charge in [-0.25, -0.2) is 0 Å². The fourth-order valence-corrected chi connectivity index (χ4v) is 1.23. The van der Waals surface area contributed by atoms with Crippen molar-refractivity contribution in [2.75, 3.05) is 19.7 Å². The van der Waals surface area contributed by atoms with E-state index in [1.807, 2.05) is 0 Å². The Morgan fingerprint density at radius 3 is 2.30 bits per heavy atom. The van der Waals surface area contributed by atoms with Crippen molar-refractivity contribution in [3.63, 3.8) is 0 Å². The first-order valence-corrected chi connectivity index (χ1v) is 3.66. The lowest BCUT2D eigenvalue weighted by atomic mass is 9.93. The predicted octanol–water partition coefficient (Wildman–Crippen LogP) is -1.82. The number of aliphatic hydroxyl groups is 2. The normalized spacial score (nSPS) is 41.7. The molecule has 1 saturated heterocycles. The van der Waals surface area contributed by atoms with Crippen molar-refractivity contribution in [1.29, 1.82) is 0 Å². The van der Waals surface area contributed by atoms with Crippen molar-refractivity contribution < 1.29 is 15.1 Å². The Labute approximate surface area is 61.3 Å². The summed E-state index contributed by atoms with van der Waals surface area (Å²) in [4.78, 5) is 1.19. The lowest BCUT2D eigenvalue weighted by Crippen LogP contribution is -3.08. The molecule has 0 aromatic heterocycles. The molecule has 0 unspecified atom stereocenters. The van der Waals surface area contributed by atoms with Crippen molar-refractivity contribution in [3.8, 4) is 0 Å². The van der Waals surface area contributed by atoms with Crippen LogP contribution in [0.25, 0.3) is 0 Å². The van der Waals surface area contributed by atoms with Gasteiger partial charge in [0.1, 0.15) is 0 Å². The van der Waals surface area contributed by atoms with Gasteiger partial charge in [-0.2, -0.15) is 7.05 Å². The van der Waals surface area contributed by atoms with Crippen LogP contribution in [0.5, 0.6) is 0 Å². The molecular formula is C7H15NO2. The first-order chi connectivity index (χ1) is 4.66. The second-order valence-electron chi connectivity index (χ2n) is 3.13. The first kappa shape index (κ1) is 7.98. The van der Waals surface area contributed by atoms with E-state index in [2.05, 4.69) is 7.05 Å². The first-order valence-electron chi connectivity index (χ1n) is 3.66. The molecule has 10 heavy (non-hydrogen) atoms. The summed E-state index contributed by atoms with van der Waals surface area (Å²) in [6.45, 7) is 1.61. The largest absolute Gasteiger partial charge is 0.468 e. The molecule has 3 heteroatoms. The van der Waals surface area contributed by atoms with Gasteiger partial charge in [-0.3, -0.25) is 0 Å². The zero-order valence-corrected chi connectivity index (χ0v) is 6.14. The maximum atomic E-state index is 9.51. The van der Waals surface area contributed by atoms with Crippen LogP contribution in [0, 0.1) is 7.05 Å². The summed E-state index contributed by atoms with van der Waals surface area (Å²) in [5.74, 6) is 0. The Morgan fingerprint density at radius 1 is 1.40 bits per heavy atom. The van der Waals surface area contributed by atoms with Crippen molar-refractivity contribution in [2.24, 2.45) is 0 Å². The summed E-state index contributed by atoms with van der Waals surface area (Å²) in [7, 11) is 3.82. The van der Waals surface area contributed by atoms with E-state index in [1.165, 1.54) is 4.90 Å². The fraction of sp³-hybridized carbons (Fsp3) is 0.857. The van der Waals surface area contributed by atoms with E-state index in [0.717, 1.165) is 13.1 Å². The zero-order valence-electron chi connectivity index (χ0n) is 6.14. The summed E-state index contributed by atoms with van der Waals surface area (Å²) in [6, 6.07) is 0. The third kappa shape index (κ3) is 1.68. The molecule has 0 atom stereocenters. The van der Waals surface area contributed by atoms with Crippen LogP contribution in [0.3, 0.4) is 0 Å². The maximum absolute atomic E-state index is 9.51. The van der Waals surface area contributed by atoms with Crippen LogP contribution < -0.4 is 4.90 Å². The number of nitrogens with one attached hydrogen (secondary N) is 1. The molecule has 0 bridgehead atoms. The van der Waals surface area contributed by atoms with Crippen LogP contribution in [0.4, 0.5) is 0 Å². The number of aliphatic hydroxyl groups excluding tert-OH is 1. The molecule has 0 aromatic rings. The smallest absolute Gasteiger partial charge is 0.0982 e. The van der Waals surface area contributed by atoms with E-state index in [0.29, 0.717) is 12.8 Å². The average Bonchev–Trinajstić information content (AvgIpc) is 1.96. The Balaban J connectivity index is 2.38. The van der Waals surface area contributed by atoms with Gasteiger partial charge < -0.3 is 15.1 Å². The van der Waals surface area contributed by atoms with Crippen LogP contribution in [-0.2, 0) is 0 Å². The van der Waals surface area contributed by atoms with Crippen molar-refractivity contribution in [1.82, 2.24) is 0 Å². The van der Waals surface area contributed by atoms with E-state index in [-0.39, 0.29) is 6.61 Å². The maximum Gasteiger partial charge on any atom is 0.0982 e. The van der Waals surface area contributed by atoms with Crippen molar-refractivity contribution in [2.45, 2.75) is 18.4 Å². The molecule has 0 aromatic carbocycles. The third-order valence-corrected chi connectivity index (χ3v) is 2.18. The van der Waals surface area contributed by atoms with E-state index in [4.69, 9.17) is 5.11 Å². The summed E-state index contributed by atoms with van der Waals surface area (Å²) < 4.78 is 0. The molecule has 1 rings (SSSR count). The molecule has 3 N–H and O–H groups in total. The molecule has 1 fully saturated rings. The number of hydrogen-bond donors (Lipinski definition) is 3.